The molecule has 1 atom stereocenters. The zero-order valence-corrected chi connectivity index (χ0v) is 13.0. The summed E-state index contributed by atoms with van der Waals surface area (Å²) in [5.41, 5.74) is 0.492. The average molecular weight is 313 g/mol. The summed E-state index contributed by atoms with van der Waals surface area (Å²) >= 11 is 0. The topological polar surface area (TPSA) is 75.3 Å². The molecule has 0 aliphatic carbocycles. The molecule has 1 unspecified atom stereocenters. The molecule has 0 saturated carbocycles. The average Bonchev–Trinajstić information content (AvgIpc) is 3.04. The third-order valence-corrected chi connectivity index (χ3v) is 4.05. The van der Waals surface area contributed by atoms with Gasteiger partial charge in [-0.1, -0.05) is 30.3 Å². The fourth-order valence-corrected chi connectivity index (χ4v) is 2.85. The molecule has 23 heavy (non-hydrogen) atoms. The molecule has 2 aromatic rings. The van der Waals surface area contributed by atoms with Gasteiger partial charge >= 0.3 is 0 Å². The second-order valence-electron chi connectivity index (χ2n) is 5.70. The predicted molar refractivity (Wildman–Crippen MR) is 86.2 cm³/mol. The van der Waals surface area contributed by atoms with Gasteiger partial charge in [-0.3, -0.25) is 9.59 Å². The summed E-state index contributed by atoms with van der Waals surface area (Å²) in [4.78, 5) is 33.4. The number of carbonyl (C=O) groups excluding carboxylic acids is 1. The van der Waals surface area contributed by atoms with Crippen molar-refractivity contribution in [3.8, 4) is 11.4 Å². The first kappa shape index (κ1) is 15.4. The van der Waals surface area contributed by atoms with E-state index in [-0.39, 0.29) is 11.5 Å². The number of aromatic nitrogens is 2. The number of benzene rings is 1. The molecule has 1 aliphatic rings. The number of methoxy groups -OCH3 is 1. The van der Waals surface area contributed by atoms with Gasteiger partial charge in [-0.15, -0.1) is 0 Å². The molecule has 1 aromatic heterocycles. The Balaban J connectivity index is 1.79. The van der Waals surface area contributed by atoms with Gasteiger partial charge in [0.25, 0.3) is 11.5 Å². The van der Waals surface area contributed by atoms with E-state index in [4.69, 9.17) is 4.74 Å². The maximum Gasteiger partial charge on any atom is 0.264 e. The Morgan fingerprint density at radius 1 is 1.39 bits per heavy atom. The molecule has 6 heteroatoms. The lowest BCUT2D eigenvalue weighted by atomic mass is 10.1. The normalized spacial score (nSPS) is 17.4. The number of hydrogen-bond acceptors (Lipinski definition) is 4. The third-order valence-electron chi connectivity index (χ3n) is 4.05. The smallest absolute Gasteiger partial charge is 0.264 e. The van der Waals surface area contributed by atoms with Gasteiger partial charge in [0.1, 0.15) is 11.4 Å². The van der Waals surface area contributed by atoms with Gasteiger partial charge in [-0.2, -0.15) is 0 Å². The van der Waals surface area contributed by atoms with Crippen LogP contribution in [0.25, 0.3) is 11.4 Å². The van der Waals surface area contributed by atoms with Crippen LogP contribution in [-0.4, -0.2) is 47.6 Å². The van der Waals surface area contributed by atoms with Crippen LogP contribution >= 0.6 is 0 Å². The fraction of sp³-hybridized carbons (Fsp3) is 0.353. The maximum absolute atomic E-state index is 12.5. The second-order valence-corrected chi connectivity index (χ2v) is 5.70. The highest BCUT2D eigenvalue weighted by atomic mass is 16.5. The van der Waals surface area contributed by atoms with E-state index < -0.39 is 5.56 Å². The highest BCUT2D eigenvalue weighted by Crippen LogP contribution is 2.18. The molecular formula is C17H19N3O3. The summed E-state index contributed by atoms with van der Waals surface area (Å²) in [6.45, 7) is 1.89. The van der Waals surface area contributed by atoms with Crippen LogP contribution in [0.3, 0.4) is 0 Å². The Kier molecular flexibility index (Phi) is 4.52. The minimum Gasteiger partial charge on any atom is -0.384 e. The van der Waals surface area contributed by atoms with Crippen molar-refractivity contribution in [2.75, 3.05) is 26.8 Å². The van der Waals surface area contributed by atoms with Crippen LogP contribution in [0.5, 0.6) is 0 Å². The number of likely N-dealkylation sites (tertiary alicyclic amines) is 1. The predicted octanol–water partition coefficient (Wildman–Crippen LogP) is 1.55. The molecule has 1 aromatic carbocycles. The SMILES string of the molecule is COCC1CCN(C(=O)c2cnc(-c3ccccc3)[nH]c2=O)C1. The van der Waals surface area contributed by atoms with Gasteiger partial charge in [0.05, 0.1) is 6.61 Å². The van der Waals surface area contributed by atoms with Gasteiger partial charge in [0, 0.05) is 37.9 Å². The molecule has 1 aliphatic heterocycles. The molecule has 3 rings (SSSR count). The van der Waals surface area contributed by atoms with Crippen LogP contribution in [0.4, 0.5) is 0 Å². The molecule has 0 bridgehead atoms. The number of carbonyl (C=O) groups is 1. The minimum absolute atomic E-state index is 0.0859. The highest BCUT2D eigenvalue weighted by molar-refractivity contribution is 5.93. The minimum atomic E-state index is -0.404. The first-order valence-electron chi connectivity index (χ1n) is 7.62. The maximum atomic E-state index is 12.5. The van der Waals surface area contributed by atoms with Gasteiger partial charge in [-0.25, -0.2) is 4.98 Å². The van der Waals surface area contributed by atoms with Crippen molar-refractivity contribution in [2.24, 2.45) is 5.92 Å². The third kappa shape index (κ3) is 3.32. The summed E-state index contributed by atoms with van der Waals surface area (Å²) in [7, 11) is 1.65. The van der Waals surface area contributed by atoms with Crippen LogP contribution in [0.1, 0.15) is 16.8 Å². The lowest BCUT2D eigenvalue weighted by Crippen LogP contribution is -2.33. The number of H-pyrrole nitrogens is 1. The van der Waals surface area contributed by atoms with E-state index in [1.165, 1.54) is 6.20 Å². The van der Waals surface area contributed by atoms with Crippen LogP contribution in [0.2, 0.25) is 0 Å². The lowest BCUT2D eigenvalue weighted by Gasteiger charge is -2.16. The zero-order chi connectivity index (χ0) is 16.2. The molecule has 1 fully saturated rings. The van der Waals surface area contributed by atoms with E-state index in [9.17, 15) is 9.59 Å². The summed E-state index contributed by atoms with van der Waals surface area (Å²) in [6, 6.07) is 9.34. The van der Waals surface area contributed by atoms with Crippen LogP contribution in [-0.2, 0) is 4.74 Å². The molecule has 1 saturated heterocycles. The molecule has 120 valence electrons. The monoisotopic (exact) mass is 313 g/mol. The van der Waals surface area contributed by atoms with Crippen molar-refractivity contribution in [3.05, 3.63) is 52.4 Å². The van der Waals surface area contributed by atoms with E-state index in [1.807, 2.05) is 30.3 Å². The van der Waals surface area contributed by atoms with Gasteiger partial charge in [0.15, 0.2) is 0 Å². The lowest BCUT2D eigenvalue weighted by molar-refractivity contribution is 0.0773. The van der Waals surface area contributed by atoms with E-state index in [0.717, 1.165) is 12.0 Å². The zero-order valence-electron chi connectivity index (χ0n) is 13.0. The molecule has 1 N–H and O–H groups in total. The fourth-order valence-electron chi connectivity index (χ4n) is 2.85. The summed E-state index contributed by atoms with van der Waals surface area (Å²) in [5, 5.41) is 0. The van der Waals surface area contributed by atoms with Crippen molar-refractivity contribution >= 4 is 5.91 Å². The first-order chi connectivity index (χ1) is 11.2. The largest absolute Gasteiger partial charge is 0.384 e. The summed E-state index contributed by atoms with van der Waals surface area (Å²) < 4.78 is 5.13. The van der Waals surface area contributed by atoms with Gasteiger partial charge in [0.2, 0.25) is 0 Å². The molecule has 0 spiro atoms. The van der Waals surface area contributed by atoms with E-state index in [0.29, 0.717) is 31.4 Å². The first-order valence-corrected chi connectivity index (χ1v) is 7.62. The summed E-state index contributed by atoms with van der Waals surface area (Å²) in [6.07, 6.45) is 2.26. The molecular weight excluding hydrogens is 294 g/mol. The van der Waals surface area contributed by atoms with Crippen LogP contribution in [0, 0.1) is 5.92 Å². The van der Waals surface area contributed by atoms with Crippen molar-refractivity contribution < 1.29 is 9.53 Å². The van der Waals surface area contributed by atoms with Crippen molar-refractivity contribution in [1.29, 1.82) is 0 Å². The van der Waals surface area contributed by atoms with E-state index in [1.54, 1.807) is 12.0 Å². The standard InChI is InChI=1S/C17H19N3O3/c1-23-11-12-7-8-20(10-12)17(22)14-9-18-15(19-16(14)21)13-5-3-2-4-6-13/h2-6,9,12H,7-8,10-11H2,1H3,(H,18,19,21). The Morgan fingerprint density at radius 2 is 2.17 bits per heavy atom. The number of aromatic amines is 1. The molecule has 1 amide bonds. The summed E-state index contributed by atoms with van der Waals surface area (Å²) in [5.74, 6) is 0.530. The number of rotatable bonds is 4. The van der Waals surface area contributed by atoms with Crippen LogP contribution < -0.4 is 5.56 Å². The number of ether oxygens (including phenoxy) is 1. The van der Waals surface area contributed by atoms with E-state index >= 15 is 0 Å². The van der Waals surface area contributed by atoms with E-state index in [2.05, 4.69) is 9.97 Å². The Labute approximate surface area is 134 Å². The highest BCUT2D eigenvalue weighted by Gasteiger charge is 2.28. The van der Waals surface area contributed by atoms with Crippen LogP contribution in [0.15, 0.2) is 41.3 Å². The molecule has 6 nitrogen and oxygen atoms in total. The Morgan fingerprint density at radius 3 is 2.87 bits per heavy atom. The van der Waals surface area contributed by atoms with Crippen molar-refractivity contribution in [3.63, 3.8) is 0 Å². The van der Waals surface area contributed by atoms with Gasteiger partial charge < -0.3 is 14.6 Å². The van der Waals surface area contributed by atoms with Crippen molar-refractivity contribution in [2.45, 2.75) is 6.42 Å². The molecule has 0 radical (unpaired) electrons. The number of amides is 1. The van der Waals surface area contributed by atoms with Gasteiger partial charge in [-0.05, 0) is 6.42 Å². The Bertz CT molecular complexity index is 742. The molecule has 2 heterocycles. The number of nitrogens with zero attached hydrogens (tertiary/aromatic N) is 2. The number of hydrogen-bond donors (Lipinski definition) is 1. The Hall–Kier alpha value is -2.47. The second kappa shape index (κ2) is 6.75. The number of nitrogens with one attached hydrogen (secondary N) is 1. The quantitative estimate of drug-likeness (QED) is 0.929. The van der Waals surface area contributed by atoms with Crippen molar-refractivity contribution in [1.82, 2.24) is 14.9 Å².